The molecule has 2 aliphatic rings. The lowest BCUT2D eigenvalue weighted by Crippen LogP contribution is -2.67. The van der Waals surface area contributed by atoms with E-state index in [1.54, 1.807) is 0 Å². The summed E-state index contributed by atoms with van der Waals surface area (Å²) in [7, 11) is 0. The van der Waals surface area contributed by atoms with Crippen LogP contribution in [0.3, 0.4) is 0 Å². The molecule has 3 unspecified atom stereocenters. The maximum Gasteiger partial charge on any atom is 0.246 e. The molecule has 1 aliphatic carbocycles. The number of carbonyl (C=O) groups excluding carboxylic acids is 2. The summed E-state index contributed by atoms with van der Waals surface area (Å²) in [6.45, 7) is 6.82. The highest BCUT2D eigenvalue weighted by Gasteiger charge is 2.46. The molecule has 2 fully saturated rings. The number of nitrogens with one attached hydrogen (secondary N) is 1. The third kappa shape index (κ3) is 3.08. The predicted octanol–water partition coefficient (Wildman–Crippen LogP) is 2.42. The Balaban J connectivity index is 2.20. The van der Waals surface area contributed by atoms with Crippen molar-refractivity contribution in [2.24, 2.45) is 5.92 Å². The van der Waals surface area contributed by atoms with Crippen LogP contribution >= 0.6 is 11.8 Å². The number of piperazine rings is 1. The van der Waals surface area contributed by atoms with Crippen LogP contribution in [-0.4, -0.2) is 46.3 Å². The van der Waals surface area contributed by atoms with Gasteiger partial charge in [-0.1, -0.05) is 33.6 Å². The van der Waals surface area contributed by atoms with Gasteiger partial charge in [0.1, 0.15) is 12.1 Å². The average molecular weight is 312 g/mol. The minimum absolute atomic E-state index is 0.0259. The minimum Gasteiger partial charge on any atom is -0.342 e. The predicted molar refractivity (Wildman–Crippen MR) is 87.3 cm³/mol. The highest BCUT2D eigenvalue weighted by Crippen LogP contribution is 2.44. The second-order valence-corrected chi connectivity index (χ2v) is 7.78. The largest absolute Gasteiger partial charge is 0.342 e. The van der Waals surface area contributed by atoms with E-state index in [1.807, 2.05) is 30.5 Å². The number of hydrogen-bond donors (Lipinski definition) is 1. The Hall–Kier alpha value is -0.710. The van der Waals surface area contributed by atoms with Gasteiger partial charge in [-0.15, -0.1) is 0 Å². The molecule has 5 heteroatoms. The van der Waals surface area contributed by atoms with Crippen LogP contribution in [0.4, 0.5) is 0 Å². The number of thioether (sulfide) groups is 1. The Morgan fingerprint density at radius 3 is 2.48 bits per heavy atom. The molecule has 2 amide bonds. The minimum atomic E-state index is -0.343. The van der Waals surface area contributed by atoms with Gasteiger partial charge in [0.25, 0.3) is 0 Å². The van der Waals surface area contributed by atoms with E-state index >= 15 is 0 Å². The summed E-state index contributed by atoms with van der Waals surface area (Å²) in [5, 5.41) is 2.95. The quantitative estimate of drug-likeness (QED) is 0.819. The monoisotopic (exact) mass is 312 g/mol. The van der Waals surface area contributed by atoms with Crippen LogP contribution in [-0.2, 0) is 9.59 Å². The van der Waals surface area contributed by atoms with Crippen LogP contribution in [0.15, 0.2) is 0 Å². The lowest BCUT2D eigenvalue weighted by molar-refractivity contribution is -0.151. The van der Waals surface area contributed by atoms with Gasteiger partial charge in [-0.3, -0.25) is 9.59 Å². The first-order valence-electron chi connectivity index (χ1n) is 8.14. The first-order valence-corrected chi connectivity index (χ1v) is 9.36. The molecule has 21 heavy (non-hydrogen) atoms. The molecular formula is C16H28N2O2S. The van der Waals surface area contributed by atoms with Gasteiger partial charge in [0.15, 0.2) is 0 Å². The smallest absolute Gasteiger partial charge is 0.246 e. The summed E-state index contributed by atoms with van der Waals surface area (Å²) in [6, 6.07) is -0.633. The maximum absolute atomic E-state index is 12.9. The fourth-order valence-electron chi connectivity index (χ4n) is 3.31. The van der Waals surface area contributed by atoms with Crippen molar-refractivity contribution in [3.05, 3.63) is 0 Å². The molecule has 1 N–H and O–H groups in total. The van der Waals surface area contributed by atoms with Gasteiger partial charge in [0.2, 0.25) is 11.8 Å². The number of carbonyl (C=O) groups is 2. The van der Waals surface area contributed by atoms with Crippen molar-refractivity contribution >= 4 is 23.6 Å². The molecule has 1 saturated carbocycles. The molecule has 1 heterocycles. The zero-order valence-electron chi connectivity index (χ0n) is 13.6. The fraction of sp³-hybridized carbons (Fsp3) is 0.875. The van der Waals surface area contributed by atoms with Crippen LogP contribution in [0.2, 0.25) is 0 Å². The lowest BCUT2D eigenvalue weighted by atomic mass is 9.82. The van der Waals surface area contributed by atoms with E-state index in [0.717, 1.165) is 25.8 Å². The third-order valence-corrected chi connectivity index (χ3v) is 6.69. The Bertz CT molecular complexity index is 404. The standard InChI is InChI=1S/C16H28N2O2S/c1-5-11(3)13-15(20)18(12(6-2)14(19)17-13)10-16(21-4)8-7-9-16/h11-13H,5-10H2,1-4H3,(H,17,19). The van der Waals surface area contributed by atoms with E-state index in [4.69, 9.17) is 0 Å². The molecule has 1 saturated heterocycles. The van der Waals surface area contributed by atoms with Crippen molar-refractivity contribution in [3.63, 3.8) is 0 Å². The lowest BCUT2D eigenvalue weighted by Gasteiger charge is -2.48. The van der Waals surface area contributed by atoms with Crippen LogP contribution in [0.5, 0.6) is 0 Å². The van der Waals surface area contributed by atoms with Gasteiger partial charge in [-0.05, 0) is 31.4 Å². The molecule has 4 nitrogen and oxygen atoms in total. The average Bonchev–Trinajstić information content (AvgIpc) is 2.45. The molecule has 120 valence electrons. The molecule has 0 bridgehead atoms. The summed E-state index contributed by atoms with van der Waals surface area (Å²) in [4.78, 5) is 27.1. The van der Waals surface area contributed by atoms with Crippen LogP contribution < -0.4 is 5.32 Å². The Labute approximate surface area is 132 Å². The number of hydrogen-bond acceptors (Lipinski definition) is 3. The van der Waals surface area contributed by atoms with Crippen LogP contribution in [0.25, 0.3) is 0 Å². The molecule has 0 spiro atoms. The second kappa shape index (κ2) is 6.59. The summed E-state index contributed by atoms with van der Waals surface area (Å²) in [6.07, 6.45) is 7.26. The number of amides is 2. The first kappa shape index (κ1) is 16.7. The molecule has 0 aromatic carbocycles. The SMILES string of the molecule is CCC(C)C1NC(=O)C(CC)N(CC2(SC)CCC2)C1=O. The molecule has 2 rings (SSSR count). The van der Waals surface area contributed by atoms with Crippen molar-refractivity contribution in [3.8, 4) is 0 Å². The van der Waals surface area contributed by atoms with Gasteiger partial charge in [-0.2, -0.15) is 11.8 Å². The summed E-state index contributed by atoms with van der Waals surface area (Å²) < 4.78 is 0.181. The third-order valence-electron chi connectivity index (χ3n) is 5.28. The number of nitrogens with zero attached hydrogens (tertiary/aromatic N) is 1. The molecule has 1 aliphatic heterocycles. The van der Waals surface area contributed by atoms with Crippen molar-refractivity contribution in [2.75, 3.05) is 12.8 Å². The van der Waals surface area contributed by atoms with E-state index < -0.39 is 0 Å². The highest BCUT2D eigenvalue weighted by atomic mass is 32.2. The number of rotatable bonds is 6. The zero-order valence-corrected chi connectivity index (χ0v) is 14.5. The zero-order chi connectivity index (χ0) is 15.6. The maximum atomic E-state index is 12.9. The summed E-state index contributed by atoms with van der Waals surface area (Å²) >= 11 is 1.86. The first-order chi connectivity index (χ1) is 9.98. The van der Waals surface area contributed by atoms with Gasteiger partial charge >= 0.3 is 0 Å². The molecule has 0 aromatic rings. The van der Waals surface area contributed by atoms with E-state index in [2.05, 4.69) is 18.5 Å². The van der Waals surface area contributed by atoms with Gasteiger partial charge < -0.3 is 10.2 Å². The van der Waals surface area contributed by atoms with Crippen molar-refractivity contribution < 1.29 is 9.59 Å². The van der Waals surface area contributed by atoms with Gasteiger partial charge in [-0.25, -0.2) is 0 Å². The summed E-state index contributed by atoms with van der Waals surface area (Å²) in [5.41, 5.74) is 0. The van der Waals surface area contributed by atoms with Crippen LogP contribution in [0, 0.1) is 5.92 Å². The molecule has 3 atom stereocenters. The second-order valence-electron chi connectivity index (χ2n) is 6.50. The van der Waals surface area contributed by atoms with E-state index in [1.165, 1.54) is 6.42 Å². The van der Waals surface area contributed by atoms with E-state index in [0.29, 0.717) is 6.42 Å². The Morgan fingerprint density at radius 1 is 1.38 bits per heavy atom. The van der Waals surface area contributed by atoms with Gasteiger partial charge in [0.05, 0.1) is 0 Å². The van der Waals surface area contributed by atoms with E-state index in [9.17, 15) is 9.59 Å². The van der Waals surface area contributed by atoms with E-state index in [-0.39, 0.29) is 34.6 Å². The highest BCUT2D eigenvalue weighted by molar-refractivity contribution is 8.00. The molecule has 0 radical (unpaired) electrons. The fourth-order valence-corrected chi connectivity index (χ4v) is 4.27. The molecule has 0 aromatic heterocycles. The van der Waals surface area contributed by atoms with Crippen molar-refractivity contribution in [1.29, 1.82) is 0 Å². The van der Waals surface area contributed by atoms with Gasteiger partial charge in [0, 0.05) is 11.3 Å². The Morgan fingerprint density at radius 2 is 2.05 bits per heavy atom. The molecular weight excluding hydrogens is 284 g/mol. The van der Waals surface area contributed by atoms with Crippen LogP contribution in [0.1, 0.15) is 52.9 Å². The Kier molecular flexibility index (Phi) is 5.23. The topological polar surface area (TPSA) is 49.4 Å². The summed E-state index contributed by atoms with van der Waals surface area (Å²) in [5.74, 6) is 0.336. The van der Waals surface area contributed by atoms with Crippen molar-refractivity contribution in [1.82, 2.24) is 10.2 Å². The normalized spacial score (nSPS) is 29.8. The van der Waals surface area contributed by atoms with Crippen molar-refractivity contribution in [2.45, 2.75) is 69.7 Å².